The molecule has 5 nitrogen and oxygen atoms in total. The van der Waals surface area contributed by atoms with Gasteiger partial charge < -0.3 is 9.64 Å². The molecule has 1 aliphatic heterocycles. The Kier molecular flexibility index (Phi) is 4.31. The maximum Gasteiger partial charge on any atom is 0.240 e. The van der Waals surface area contributed by atoms with Crippen molar-refractivity contribution >= 4 is 15.7 Å². The number of sulfonamides is 1. The van der Waals surface area contributed by atoms with Crippen molar-refractivity contribution in [2.45, 2.75) is 24.7 Å². The number of benzene rings is 1. The maximum absolute atomic E-state index is 12.1. The normalized spacial score (nSPS) is 14.9. The molecule has 0 radical (unpaired) electrons. The van der Waals surface area contributed by atoms with Crippen LogP contribution in [-0.4, -0.2) is 35.2 Å². The first-order chi connectivity index (χ1) is 9.04. The van der Waals surface area contributed by atoms with Crippen molar-refractivity contribution < 1.29 is 13.2 Å². The monoisotopic (exact) mass is 284 g/mol. The summed E-state index contributed by atoms with van der Waals surface area (Å²) in [5.41, 5.74) is 0.824. The minimum atomic E-state index is -3.42. The number of nitrogens with one attached hydrogen (secondary N) is 1. The minimum absolute atomic E-state index is 0.291. The van der Waals surface area contributed by atoms with Crippen LogP contribution in [0.15, 0.2) is 23.1 Å². The van der Waals surface area contributed by atoms with Gasteiger partial charge in [0.15, 0.2) is 0 Å². The smallest absolute Gasteiger partial charge is 0.240 e. The predicted molar refractivity (Wildman–Crippen MR) is 75.3 cm³/mol. The van der Waals surface area contributed by atoms with Crippen molar-refractivity contribution in [1.29, 1.82) is 0 Å². The van der Waals surface area contributed by atoms with Gasteiger partial charge >= 0.3 is 0 Å². The lowest BCUT2D eigenvalue weighted by Gasteiger charge is -2.28. The summed E-state index contributed by atoms with van der Waals surface area (Å²) >= 11 is 0. The van der Waals surface area contributed by atoms with E-state index in [1.807, 2.05) is 18.9 Å². The zero-order valence-corrected chi connectivity index (χ0v) is 12.2. The van der Waals surface area contributed by atoms with E-state index in [1.54, 1.807) is 18.2 Å². The van der Waals surface area contributed by atoms with E-state index in [0.717, 1.165) is 30.8 Å². The average molecular weight is 284 g/mol. The molecule has 1 aromatic rings. The van der Waals surface area contributed by atoms with Crippen molar-refractivity contribution in [2.75, 3.05) is 31.6 Å². The summed E-state index contributed by atoms with van der Waals surface area (Å²) < 4.78 is 32.4. The Morgan fingerprint density at radius 2 is 2.21 bits per heavy atom. The van der Waals surface area contributed by atoms with Crippen LogP contribution in [0.4, 0.5) is 5.69 Å². The van der Waals surface area contributed by atoms with E-state index >= 15 is 0 Å². The SMILES string of the molecule is CCCCNS(=O)(=O)c1ccc2c(c1)N(C)CCO2. The van der Waals surface area contributed by atoms with Crippen molar-refractivity contribution in [3.8, 4) is 5.75 Å². The van der Waals surface area contributed by atoms with Gasteiger partial charge in [-0.05, 0) is 24.6 Å². The van der Waals surface area contributed by atoms with Gasteiger partial charge in [-0.2, -0.15) is 0 Å². The molecule has 0 spiro atoms. The summed E-state index contributed by atoms with van der Waals surface area (Å²) in [6, 6.07) is 4.98. The van der Waals surface area contributed by atoms with Crippen molar-refractivity contribution in [1.82, 2.24) is 4.72 Å². The molecular weight excluding hydrogens is 264 g/mol. The Balaban J connectivity index is 2.23. The van der Waals surface area contributed by atoms with E-state index in [1.165, 1.54) is 0 Å². The zero-order valence-electron chi connectivity index (χ0n) is 11.3. The molecule has 0 bridgehead atoms. The number of nitrogens with zero attached hydrogens (tertiary/aromatic N) is 1. The summed E-state index contributed by atoms with van der Waals surface area (Å²) in [7, 11) is -1.49. The quantitative estimate of drug-likeness (QED) is 0.834. The highest BCUT2D eigenvalue weighted by Gasteiger charge is 2.20. The Morgan fingerprint density at radius 1 is 1.42 bits per heavy atom. The van der Waals surface area contributed by atoms with Gasteiger partial charge in [-0.3, -0.25) is 0 Å². The first-order valence-corrected chi connectivity index (χ1v) is 8.00. The number of fused-ring (bicyclic) bond motifs is 1. The van der Waals surface area contributed by atoms with E-state index in [-0.39, 0.29) is 0 Å². The summed E-state index contributed by atoms with van der Waals surface area (Å²) in [5.74, 6) is 0.737. The van der Waals surface area contributed by atoms with Crippen LogP contribution in [0.5, 0.6) is 5.75 Å². The van der Waals surface area contributed by atoms with Gasteiger partial charge in [0.25, 0.3) is 0 Å². The van der Waals surface area contributed by atoms with E-state index < -0.39 is 10.0 Å². The van der Waals surface area contributed by atoms with Crippen molar-refractivity contribution in [2.24, 2.45) is 0 Å². The fourth-order valence-corrected chi connectivity index (χ4v) is 3.06. The molecule has 6 heteroatoms. The zero-order chi connectivity index (χ0) is 13.9. The Bertz CT molecular complexity index is 543. The van der Waals surface area contributed by atoms with Crippen molar-refractivity contribution in [3.05, 3.63) is 18.2 Å². The molecular formula is C13H20N2O3S. The predicted octanol–water partition coefficient (Wildman–Crippen LogP) is 1.59. The second-order valence-electron chi connectivity index (χ2n) is 4.65. The summed E-state index contributed by atoms with van der Waals surface area (Å²) in [6.07, 6.45) is 1.80. The number of hydrogen-bond acceptors (Lipinski definition) is 4. The summed E-state index contributed by atoms with van der Waals surface area (Å²) in [6.45, 7) is 3.89. The molecule has 106 valence electrons. The lowest BCUT2D eigenvalue weighted by Crippen LogP contribution is -2.30. The van der Waals surface area contributed by atoms with Crippen LogP contribution in [0.2, 0.25) is 0 Å². The lowest BCUT2D eigenvalue weighted by molar-refractivity contribution is 0.311. The van der Waals surface area contributed by atoms with Crippen LogP contribution in [0, 0.1) is 0 Å². The van der Waals surface area contributed by atoms with E-state index in [9.17, 15) is 8.42 Å². The molecule has 0 aromatic heterocycles. The van der Waals surface area contributed by atoms with Crippen LogP contribution < -0.4 is 14.4 Å². The molecule has 0 unspecified atom stereocenters. The van der Waals surface area contributed by atoms with Gasteiger partial charge in [0.2, 0.25) is 10.0 Å². The van der Waals surface area contributed by atoms with E-state index in [4.69, 9.17) is 4.74 Å². The highest BCUT2D eigenvalue weighted by Crippen LogP contribution is 2.32. The first-order valence-electron chi connectivity index (χ1n) is 6.52. The first kappa shape index (κ1) is 14.1. The van der Waals surface area contributed by atoms with Gasteiger partial charge in [-0.1, -0.05) is 13.3 Å². The van der Waals surface area contributed by atoms with Crippen LogP contribution in [0.25, 0.3) is 0 Å². The third-order valence-corrected chi connectivity index (χ3v) is 4.62. The van der Waals surface area contributed by atoms with E-state index in [0.29, 0.717) is 18.0 Å². The molecule has 2 rings (SSSR count). The second-order valence-corrected chi connectivity index (χ2v) is 6.42. The molecule has 0 amide bonds. The lowest BCUT2D eigenvalue weighted by atomic mass is 10.2. The summed E-state index contributed by atoms with van der Waals surface area (Å²) in [5, 5.41) is 0. The number of unbranched alkanes of at least 4 members (excludes halogenated alkanes) is 1. The van der Waals surface area contributed by atoms with Gasteiger partial charge in [0.05, 0.1) is 17.1 Å². The average Bonchev–Trinajstić information content (AvgIpc) is 2.39. The molecule has 1 N–H and O–H groups in total. The fourth-order valence-electron chi connectivity index (χ4n) is 1.96. The topological polar surface area (TPSA) is 58.6 Å². The minimum Gasteiger partial charge on any atom is -0.490 e. The van der Waals surface area contributed by atoms with Gasteiger partial charge in [-0.25, -0.2) is 13.1 Å². The number of hydrogen-bond donors (Lipinski definition) is 1. The number of rotatable bonds is 5. The third kappa shape index (κ3) is 3.19. The highest BCUT2D eigenvalue weighted by molar-refractivity contribution is 7.89. The van der Waals surface area contributed by atoms with Crippen LogP contribution in [0.3, 0.4) is 0 Å². The molecule has 0 atom stereocenters. The van der Waals surface area contributed by atoms with Gasteiger partial charge in [-0.15, -0.1) is 0 Å². The molecule has 0 aliphatic carbocycles. The van der Waals surface area contributed by atoms with Crippen molar-refractivity contribution in [3.63, 3.8) is 0 Å². The Hall–Kier alpha value is -1.27. The molecule has 1 heterocycles. The summed E-state index contributed by atoms with van der Waals surface area (Å²) in [4.78, 5) is 2.30. The fraction of sp³-hybridized carbons (Fsp3) is 0.538. The van der Waals surface area contributed by atoms with Crippen LogP contribution in [0.1, 0.15) is 19.8 Å². The van der Waals surface area contributed by atoms with Crippen LogP contribution in [-0.2, 0) is 10.0 Å². The molecule has 19 heavy (non-hydrogen) atoms. The standard InChI is InChI=1S/C13H20N2O3S/c1-3-4-7-14-19(16,17)11-5-6-13-12(10-11)15(2)8-9-18-13/h5-6,10,14H,3-4,7-9H2,1-2H3. The van der Waals surface area contributed by atoms with Crippen LogP contribution >= 0.6 is 0 Å². The number of ether oxygens (including phenoxy) is 1. The Labute approximate surface area is 114 Å². The molecule has 0 saturated heterocycles. The second kappa shape index (κ2) is 5.79. The van der Waals surface area contributed by atoms with Gasteiger partial charge in [0, 0.05) is 13.6 Å². The number of anilines is 1. The maximum atomic E-state index is 12.1. The molecule has 1 aromatic carbocycles. The largest absolute Gasteiger partial charge is 0.490 e. The number of likely N-dealkylation sites (N-methyl/N-ethyl adjacent to an activating group) is 1. The highest BCUT2D eigenvalue weighted by atomic mass is 32.2. The van der Waals surface area contributed by atoms with Gasteiger partial charge in [0.1, 0.15) is 12.4 Å². The Morgan fingerprint density at radius 3 is 2.95 bits per heavy atom. The third-order valence-electron chi connectivity index (χ3n) is 3.16. The molecule has 1 aliphatic rings. The molecule has 0 fully saturated rings. The van der Waals surface area contributed by atoms with E-state index in [2.05, 4.69) is 4.72 Å². The molecule has 0 saturated carbocycles.